The third-order valence-electron chi connectivity index (χ3n) is 2.70. The number of H-pyrrole nitrogens is 1. The predicted molar refractivity (Wildman–Crippen MR) is 59.6 cm³/mol. The highest BCUT2D eigenvalue weighted by molar-refractivity contribution is 5.84. The fraction of sp³-hybridized carbons (Fsp3) is 0.250. The number of aromatic nitrogens is 1. The van der Waals surface area contributed by atoms with Gasteiger partial charge in [-0.2, -0.15) is 0 Å². The number of hydrogen-bond donors (Lipinski definition) is 1. The van der Waals surface area contributed by atoms with Crippen LogP contribution in [0.1, 0.15) is 16.8 Å². The molecule has 0 aliphatic carbocycles. The summed E-state index contributed by atoms with van der Waals surface area (Å²) < 4.78 is 0. The molecule has 1 aromatic heterocycles. The first-order valence-corrected chi connectivity index (χ1v) is 4.84. The van der Waals surface area contributed by atoms with Gasteiger partial charge in [0.2, 0.25) is 6.08 Å². The Labute approximate surface area is 87.8 Å². The van der Waals surface area contributed by atoms with E-state index in [1.807, 2.05) is 12.1 Å². The maximum absolute atomic E-state index is 10.0. The summed E-state index contributed by atoms with van der Waals surface area (Å²) in [6.45, 7) is 4.55. The number of isocyanates is 1. The van der Waals surface area contributed by atoms with Crippen LogP contribution in [0.3, 0.4) is 0 Å². The molecule has 1 aromatic carbocycles. The molecule has 0 radical (unpaired) electrons. The molecular formula is C12H12N2O. The Morgan fingerprint density at radius 1 is 1.40 bits per heavy atom. The molecule has 1 heterocycles. The van der Waals surface area contributed by atoms with Crippen molar-refractivity contribution in [3.63, 3.8) is 0 Å². The summed E-state index contributed by atoms with van der Waals surface area (Å²) in [5, 5.41) is 1.23. The van der Waals surface area contributed by atoms with Crippen molar-refractivity contribution >= 4 is 17.0 Å². The number of aromatic amines is 1. The van der Waals surface area contributed by atoms with E-state index < -0.39 is 0 Å². The Balaban J connectivity index is 2.51. The van der Waals surface area contributed by atoms with Gasteiger partial charge >= 0.3 is 0 Å². The van der Waals surface area contributed by atoms with E-state index in [1.165, 1.54) is 16.6 Å². The van der Waals surface area contributed by atoms with E-state index in [-0.39, 0.29) is 0 Å². The lowest BCUT2D eigenvalue weighted by atomic mass is 10.1. The molecule has 0 aliphatic heterocycles. The van der Waals surface area contributed by atoms with E-state index in [0.717, 1.165) is 11.1 Å². The Kier molecular flexibility index (Phi) is 2.40. The summed E-state index contributed by atoms with van der Waals surface area (Å²) in [5.74, 6) is 0. The van der Waals surface area contributed by atoms with Gasteiger partial charge in [-0.3, -0.25) is 0 Å². The lowest BCUT2D eigenvalue weighted by Gasteiger charge is -1.96. The largest absolute Gasteiger partial charge is 0.358 e. The molecular weight excluding hydrogens is 188 g/mol. The van der Waals surface area contributed by atoms with Gasteiger partial charge in [0.15, 0.2) is 0 Å². The minimum Gasteiger partial charge on any atom is -0.358 e. The predicted octanol–water partition coefficient (Wildman–Crippen LogP) is 2.62. The van der Waals surface area contributed by atoms with E-state index in [4.69, 9.17) is 0 Å². The van der Waals surface area contributed by atoms with Gasteiger partial charge in [-0.05, 0) is 31.0 Å². The lowest BCUT2D eigenvalue weighted by Crippen LogP contribution is -1.80. The van der Waals surface area contributed by atoms with Crippen LogP contribution in [0.25, 0.3) is 10.9 Å². The molecule has 0 amide bonds. The fourth-order valence-electron chi connectivity index (χ4n) is 1.74. The standard InChI is InChI=1S/C12H12N2O/c1-8-9(2)14-12-5-10(6-13-7-15)3-4-11(8)12/h3-5,14H,6H2,1-2H3. The number of rotatable bonds is 2. The van der Waals surface area contributed by atoms with Crippen molar-refractivity contribution in [2.45, 2.75) is 20.4 Å². The molecule has 76 valence electrons. The number of carbonyl (C=O) groups excluding carboxylic acids is 1. The van der Waals surface area contributed by atoms with Crippen LogP contribution < -0.4 is 0 Å². The Bertz CT molecular complexity index is 548. The average molecular weight is 200 g/mol. The van der Waals surface area contributed by atoms with Crippen molar-refractivity contribution in [2.75, 3.05) is 0 Å². The quantitative estimate of drug-likeness (QED) is 0.587. The molecule has 2 rings (SSSR count). The smallest absolute Gasteiger partial charge is 0.235 e. The number of hydrogen-bond acceptors (Lipinski definition) is 2. The first-order valence-electron chi connectivity index (χ1n) is 4.84. The summed E-state index contributed by atoms with van der Waals surface area (Å²) >= 11 is 0. The molecule has 2 aromatic rings. The Morgan fingerprint density at radius 2 is 2.20 bits per heavy atom. The fourth-order valence-corrected chi connectivity index (χ4v) is 1.74. The molecule has 0 fully saturated rings. The van der Waals surface area contributed by atoms with Gasteiger partial charge in [0.25, 0.3) is 0 Å². The second-order valence-electron chi connectivity index (χ2n) is 3.66. The summed E-state index contributed by atoms with van der Waals surface area (Å²) in [6.07, 6.45) is 1.55. The number of nitrogens with zero attached hydrogens (tertiary/aromatic N) is 1. The van der Waals surface area contributed by atoms with Crippen LogP contribution in [-0.2, 0) is 11.3 Å². The van der Waals surface area contributed by atoms with Crippen molar-refractivity contribution in [3.05, 3.63) is 35.0 Å². The van der Waals surface area contributed by atoms with Gasteiger partial charge in [-0.25, -0.2) is 9.79 Å². The van der Waals surface area contributed by atoms with Gasteiger partial charge in [-0.15, -0.1) is 0 Å². The maximum Gasteiger partial charge on any atom is 0.235 e. The van der Waals surface area contributed by atoms with Crippen molar-refractivity contribution in [1.82, 2.24) is 4.98 Å². The molecule has 0 unspecified atom stereocenters. The summed E-state index contributed by atoms with van der Waals surface area (Å²) in [4.78, 5) is 16.9. The van der Waals surface area contributed by atoms with Gasteiger partial charge in [0.05, 0.1) is 6.54 Å². The molecule has 0 saturated carbocycles. The number of fused-ring (bicyclic) bond motifs is 1. The van der Waals surface area contributed by atoms with E-state index in [9.17, 15) is 4.79 Å². The highest BCUT2D eigenvalue weighted by Crippen LogP contribution is 2.22. The van der Waals surface area contributed by atoms with Crippen LogP contribution >= 0.6 is 0 Å². The van der Waals surface area contributed by atoms with Crippen molar-refractivity contribution in [3.8, 4) is 0 Å². The van der Waals surface area contributed by atoms with Gasteiger partial charge in [0.1, 0.15) is 0 Å². The average Bonchev–Trinajstić information content (AvgIpc) is 2.52. The van der Waals surface area contributed by atoms with Gasteiger partial charge in [-0.1, -0.05) is 12.1 Å². The zero-order valence-corrected chi connectivity index (χ0v) is 8.79. The van der Waals surface area contributed by atoms with Crippen molar-refractivity contribution < 1.29 is 4.79 Å². The minimum atomic E-state index is 0.399. The van der Waals surface area contributed by atoms with Crippen LogP contribution in [0, 0.1) is 13.8 Å². The number of benzene rings is 1. The number of nitrogens with one attached hydrogen (secondary N) is 1. The van der Waals surface area contributed by atoms with Crippen molar-refractivity contribution in [2.24, 2.45) is 4.99 Å². The van der Waals surface area contributed by atoms with Crippen LogP contribution in [0.15, 0.2) is 23.2 Å². The van der Waals surface area contributed by atoms with E-state index in [2.05, 4.69) is 29.9 Å². The molecule has 0 spiro atoms. The lowest BCUT2D eigenvalue weighted by molar-refractivity contribution is 0.563. The molecule has 0 bridgehead atoms. The zero-order chi connectivity index (χ0) is 10.8. The third-order valence-corrected chi connectivity index (χ3v) is 2.70. The SMILES string of the molecule is Cc1[nH]c2cc(CN=C=O)ccc2c1C. The molecule has 0 saturated heterocycles. The van der Waals surface area contributed by atoms with Crippen LogP contribution in [0.2, 0.25) is 0 Å². The monoisotopic (exact) mass is 200 g/mol. The first kappa shape index (κ1) is 9.69. The van der Waals surface area contributed by atoms with Crippen molar-refractivity contribution in [1.29, 1.82) is 0 Å². The Morgan fingerprint density at radius 3 is 2.93 bits per heavy atom. The molecule has 0 atom stereocenters. The molecule has 15 heavy (non-hydrogen) atoms. The van der Waals surface area contributed by atoms with E-state index in [1.54, 1.807) is 6.08 Å². The topological polar surface area (TPSA) is 45.2 Å². The normalized spacial score (nSPS) is 10.3. The molecule has 0 aliphatic rings. The minimum absolute atomic E-state index is 0.399. The third kappa shape index (κ3) is 1.69. The second kappa shape index (κ2) is 3.71. The van der Waals surface area contributed by atoms with Crippen LogP contribution in [-0.4, -0.2) is 11.1 Å². The van der Waals surface area contributed by atoms with Crippen LogP contribution in [0.4, 0.5) is 0 Å². The second-order valence-corrected chi connectivity index (χ2v) is 3.66. The Hall–Kier alpha value is -1.86. The highest BCUT2D eigenvalue weighted by atomic mass is 16.1. The number of aryl methyl sites for hydroxylation is 2. The molecule has 3 heteroatoms. The van der Waals surface area contributed by atoms with E-state index in [0.29, 0.717) is 6.54 Å². The number of aliphatic imine (C=N–C) groups is 1. The summed E-state index contributed by atoms with van der Waals surface area (Å²) in [7, 11) is 0. The maximum atomic E-state index is 10.0. The summed E-state index contributed by atoms with van der Waals surface area (Å²) in [6, 6.07) is 6.07. The molecule has 1 N–H and O–H groups in total. The van der Waals surface area contributed by atoms with E-state index >= 15 is 0 Å². The first-order chi connectivity index (χ1) is 7.22. The van der Waals surface area contributed by atoms with Crippen LogP contribution in [0.5, 0.6) is 0 Å². The highest BCUT2D eigenvalue weighted by Gasteiger charge is 2.03. The van der Waals surface area contributed by atoms with Gasteiger partial charge < -0.3 is 4.98 Å². The molecule has 3 nitrogen and oxygen atoms in total. The zero-order valence-electron chi connectivity index (χ0n) is 8.79. The van der Waals surface area contributed by atoms with Gasteiger partial charge in [0, 0.05) is 16.6 Å². The summed E-state index contributed by atoms with van der Waals surface area (Å²) in [5.41, 5.74) is 4.58.